The Balaban J connectivity index is 2.49. The summed E-state index contributed by atoms with van der Waals surface area (Å²) in [4.78, 5) is 0. The molecule has 5 heteroatoms. The van der Waals surface area contributed by atoms with Crippen molar-refractivity contribution in [1.82, 2.24) is 0 Å². The van der Waals surface area contributed by atoms with Gasteiger partial charge in [0, 0.05) is 11.8 Å². The Morgan fingerprint density at radius 2 is 1.89 bits per heavy atom. The number of nitrogens with two attached hydrogens (primary N) is 1. The third-order valence-corrected chi connectivity index (χ3v) is 5.84. The van der Waals surface area contributed by atoms with Gasteiger partial charge in [0.05, 0.1) is 18.0 Å². The van der Waals surface area contributed by atoms with Crippen molar-refractivity contribution in [3.05, 3.63) is 0 Å². The zero-order chi connectivity index (χ0) is 13.8. The van der Waals surface area contributed by atoms with Crippen LogP contribution >= 0.6 is 0 Å². The van der Waals surface area contributed by atoms with E-state index < -0.39 is 9.84 Å². The number of sulfone groups is 1. The third-order valence-electron chi connectivity index (χ3n) is 4.20. The quantitative estimate of drug-likeness (QED) is 0.805. The van der Waals surface area contributed by atoms with Crippen molar-refractivity contribution in [1.29, 1.82) is 0 Å². The van der Waals surface area contributed by atoms with Crippen LogP contribution in [0.2, 0.25) is 0 Å². The van der Waals surface area contributed by atoms with E-state index in [1.165, 1.54) is 6.26 Å². The van der Waals surface area contributed by atoms with Crippen molar-refractivity contribution in [2.45, 2.75) is 69.3 Å². The highest BCUT2D eigenvalue weighted by molar-refractivity contribution is 7.91. The summed E-state index contributed by atoms with van der Waals surface area (Å²) in [6.45, 7) is 4.65. The Bertz CT molecular complexity index is 349. The van der Waals surface area contributed by atoms with E-state index in [-0.39, 0.29) is 16.9 Å². The average Bonchev–Trinajstić information content (AvgIpc) is 2.35. The highest BCUT2D eigenvalue weighted by Gasteiger charge is 2.31. The average molecular weight is 277 g/mol. The summed E-state index contributed by atoms with van der Waals surface area (Å²) in [7, 11) is -2.93. The summed E-state index contributed by atoms with van der Waals surface area (Å²) in [5.41, 5.74) is 5.93. The summed E-state index contributed by atoms with van der Waals surface area (Å²) < 4.78 is 29.0. The van der Waals surface area contributed by atoms with Gasteiger partial charge in [-0.15, -0.1) is 0 Å². The van der Waals surface area contributed by atoms with Crippen LogP contribution in [0.3, 0.4) is 0 Å². The lowest BCUT2D eigenvalue weighted by Crippen LogP contribution is -2.45. The predicted octanol–water partition coefficient (Wildman–Crippen LogP) is 1.88. The van der Waals surface area contributed by atoms with Crippen LogP contribution in [0.5, 0.6) is 0 Å². The third kappa shape index (κ3) is 4.52. The molecule has 4 nitrogen and oxygen atoms in total. The highest BCUT2D eigenvalue weighted by Crippen LogP contribution is 2.27. The maximum absolute atomic E-state index is 11.6. The van der Waals surface area contributed by atoms with Crippen LogP contribution in [0.25, 0.3) is 0 Å². The lowest BCUT2D eigenvalue weighted by atomic mass is 9.94. The summed E-state index contributed by atoms with van der Waals surface area (Å²) in [6.07, 6.45) is 6.42. The normalized spacial score (nSPS) is 26.2. The van der Waals surface area contributed by atoms with E-state index in [2.05, 4.69) is 13.8 Å². The lowest BCUT2D eigenvalue weighted by molar-refractivity contribution is -0.00123. The molecule has 0 aromatic carbocycles. The van der Waals surface area contributed by atoms with Gasteiger partial charge in [0.15, 0.2) is 0 Å². The van der Waals surface area contributed by atoms with Crippen molar-refractivity contribution in [3.63, 3.8) is 0 Å². The minimum atomic E-state index is -2.93. The first-order valence-electron chi connectivity index (χ1n) is 6.90. The van der Waals surface area contributed by atoms with Crippen molar-refractivity contribution < 1.29 is 13.2 Å². The van der Waals surface area contributed by atoms with Gasteiger partial charge in [-0.3, -0.25) is 0 Å². The van der Waals surface area contributed by atoms with Crippen LogP contribution in [-0.4, -0.2) is 38.2 Å². The molecule has 0 heterocycles. The molecule has 2 N–H and O–H groups in total. The van der Waals surface area contributed by atoms with Crippen LogP contribution in [-0.2, 0) is 14.6 Å². The van der Waals surface area contributed by atoms with Gasteiger partial charge in [-0.05, 0) is 38.5 Å². The molecule has 1 aliphatic rings. The van der Waals surface area contributed by atoms with E-state index in [1.807, 2.05) is 0 Å². The van der Waals surface area contributed by atoms with E-state index in [0.717, 1.165) is 32.1 Å². The van der Waals surface area contributed by atoms with Gasteiger partial charge in [-0.25, -0.2) is 8.42 Å². The van der Waals surface area contributed by atoms with Gasteiger partial charge in [0.1, 0.15) is 9.84 Å². The standard InChI is InChI=1S/C13H27NO3S/c1-4-13(14,5-2)10-17-11-7-6-8-12(9-11)18(3,15)16/h11-12H,4-10,14H2,1-3H3. The van der Waals surface area contributed by atoms with Gasteiger partial charge >= 0.3 is 0 Å². The fourth-order valence-corrected chi connectivity index (χ4v) is 3.54. The summed E-state index contributed by atoms with van der Waals surface area (Å²) in [6, 6.07) is 0. The maximum atomic E-state index is 11.6. The Hall–Kier alpha value is -0.130. The molecule has 2 atom stereocenters. The van der Waals surface area contributed by atoms with Crippen molar-refractivity contribution in [2.24, 2.45) is 5.73 Å². The fraction of sp³-hybridized carbons (Fsp3) is 1.00. The van der Waals surface area contributed by atoms with Crippen LogP contribution in [0, 0.1) is 0 Å². The fourth-order valence-electron chi connectivity index (χ4n) is 2.38. The Morgan fingerprint density at radius 1 is 1.28 bits per heavy atom. The number of ether oxygens (including phenoxy) is 1. The molecule has 1 saturated carbocycles. The molecule has 1 fully saturated rings. The Morgan fingerprint density at radius 3 is 2.39 bits per heavy atom. The minimum Gasteiger partial charge on any atom is -0.376 e. The molecule has 1 rings (SSSR count). The molecule has 0 radical (unpaired) electrons. The first kappa shape index (κ1) is 15.9. The molecule has 0 bridgehead atoms. The van der Waals surface area contributed by atoms with E-state index in [4.69, 9.17) is 10.5 Å². The van der Waals surface area contributed by atoms with Crippen LogP contribution in [0.1, 0.15) is 52.4 Å². The van der Waals surface area contributed by atoms with Crippen LogP contribution in [0.15, 0.2) is 0 Å². The highest BCUT2D eigenvalue weighted by atomic mass is 32.2. The largest absolute Gasteiger partial charge is 0.376 e. The molecule has 0 aliphatic heterocycles. The molecule has 18 heavy (non-hydrogen) atoms. The van der Waals surface area contributed by atoms with Crippen molar-refractivity contribution in [2.75, 3.05) is 12.9 Å². The number of hydrogen-bond acceptors (Lipinski definition) is 4. The molecule has 0 spiro atoms. The molecule has 0 amide bonds. The van der Waals surface area contributed by atoms with Gasteiger partial charge in [0.25, 0.3) is 0 Å². The smallest absolute Gasteiger partial charge is 0.150 e. The SMILES string of the molecule is CCC(N)(CC)COC1CCCC(S(C)(=O)=O)C1. The van der Waals surface area contributed by atoms with Gasteiger partial charge < -0.3 is 10.5 Å². The van der Waals surface area contributed by atoms with E-state index in [1.54, 1.807) is 0 Å². The van der Waals surface area contributed by atoms with Crippen molar-refractivity contribution >= 4 is 9.84 Å². The molecule has 0 saturated heterocycles. The summed E-state index contributed by atoms with van der Waals surface area (Å²) in [5.74, 6) is 0. The Kier molecular flexibility index (Phi) is 5.62. The molecule has 2 unspecified atom stereocenters. The zero-order valence-electron chi connectivity index (χ0n) is 11.8. The van der Waals surface area contributed by atoms with Gasteiger partial charge in [-0.2, -0.15) is 0 Å². The monoisotopic (exact) mass is 277 g/mol. The molecular weight excluding hydrogens is 250 g/mol. The zero-order valence-corrected chi connectivity index (χ0v) is 12.6. The van der Waals surface area contributed by atoms with Gasteiger partial charge in [0.2, 0.25) is 0 Å². The predicted molar refractivity (Wildman–Crippen MR) is 74.3 cm³/mol. The minimum absolute atomic E-state index is 0.0551. The molecule has 1 aliphatic carbocycles. The first-order chi connectivity index (χ1) is 8.30. The molecule has 108 valence electrons. The van der Waals surface area contributed by atoms with Crippen LogP contribution < -0.4 is 5.73 Å². The number of rotatable bonds is 6. The van der Waals surface area contributed by atoms with E-state index in [0.29, 0.717) is 13.0 Å². The second kappa shape index (κ2) is 6.35. The first-order valence-corrected chi connectivity index (χ1v) is 8.85. The second-order valence-electron chi connectivity index (χ2n) is 5.62. The number of hydrogen-bond donors (Lipinski definition) is 1. The summed E-state index contributed by atoms with van der Waals surface area (Å²) in [5, 5.41) is -0.230. The van der Waals surface area contributed by atoms with E-state index in [9.17, 15) is 8.42 Å². The van der Waals surface area contributed by atoms with Crippen LogP contribution in [0.4, 0.5) is 0 Å². The molecule has 0 aromatic rings. The summed E-state index contributed by atoms with van der Waals surface area (Å²) >= 11 is 0. The second-order valence-corrected chi connectivity index (χ2v) is 7.95. The lowest BCUT2D eigenvalue weighted by Gasteiger charge is -2.32. The van der Waals surface area contributed by atoms with Gasteiger partial charge in [-0.1, -0.05) is 13.8 Å². The van der Waals surface area contributed by atoms with E-state index >= 15 is 0 Å². The molecule has 0 aromatic heterocycles. The maximum Gasteiger partial charge on any atom is 0.150 e. The van der Waals surface area contributed by atoms with Crippen molar-refractivity contribution in [3.8, 4) is 0 Å². The molecular formula is C13H27NO3S. The Labute approximate surface area is 111 Å². The topological polar surface area (TPSA) is 69.4 Å².